The lowest BCUT2D eigenvalue weighted by Crippen LogP contribution is -2.55. The van der Waals surface area contributed by atoms with Gasteiger partial charge in [-0.1, -0.05) is 6.07 Å². The fourth-order valence-corrected chi connectivity index (χ4v) is 4.65. The molecule has 0 spiro atoms. The number of ether oxygens (including phenoxy) is 4. The number of hydrogen-bond donors (Lipinski definition) is 0. The summed E-state index contributed by atoms with van der Waals surface area (Å²) in [7, 11) is 0. The molecule has 1 unspecified atom stereocenters. The second-order valence-corrected chi connectivity index (χ2v) is 8.46. The topological polar surface area (TPSA) is 125 Å². The Labute approximate surface area is 199 Å². The van der Waals surface area contributed by atoms with Crippen molar-refractivity contribution >= 4 is 29.7 Å². The molecule has 0 saturated carbocycles. The van der Waals surface area contributed by atoms with E-state index < -0.39 is 47.5 Å². The Bertz CT molecular complexity index is 1140. The van der Waals surface area contributed by atoms with Crippen LogP contribution < -0.4 is 4.74 Å². The van der Waals surface area contributed by atoms with Crippen molar-refractivity contribution in [3.05, 3.63) is 48.0 Å². The molecule has 0 amide bonds. The summed E-state index contributed by atoms with van der Waals surface area (Å²) >= 11 is 1.20. The minimum absolute atomic E-state index is 0.128. The molecule has 1 aromatic heterocycles. The van der Waals surface area contributed by atoms with Gasteiger partial charge in [-0.2, -0.15) is 5.26 Å². The molecule has 1 aliphatic heterocycles. The third-order valence-electron chi connectivity index (χ3n) is 4.68. The second-order valence-electron chi connectivity index (χ2n) is 7.33. The van der Waals surface area contributed by atoms with Crippen molar-refractivity contribution < 1.29 is 37.7 Å². The van der Waals surface area contributed by atoms with Gasteiger partial charge in [-0.05, 0) is 18.2 Å². The fraction of sp³-hybridized carbons (Fsp3) is 0.348. The van der Waals surface area contributed by atoms with Gasteiger partial charge < -0.3 is 18.9 Å². The van der Waals surface area contributed by atoms with Crippen LogP contribution in [0.4, 0.5) is 4.39 Å². The lowest BCUT2D eigenvalue weighted by Gasteiger charge is -2.39. The van der Waals surface area contributed by atoms with E-state index in [1.165, 1.54) is 57.1 Å². The van der Waals surface area contributed by atoms with E-state index in [2.05, 4.69) is 4.98 Å². The molecule has 178 valence electrons. The molecule has 0 radical (unpaired) electrons. The van der Waals surface area contributed by atoms with Crippen LogP contribution in [0, 0.1) is 17.1 Å². The molecular weight excluding hydrogens is 467 g/mol. The van der Waals surface area contributed by atoms with Crippen molar-refractivity contribution in [1.82, 2.24) is 4.98 Å². The first kappa shape index (κ1) is 25.0. The van der Waals surface area contributed by atoms with E-state index in [9.17, 15) is 24.0 Å². The molecule has 0 bridgehead atoms. The number of pyridine rings is 1. The highest BCUT2D eigenvalue weighted by molar-refractivity contribution is 7.99. The van der Waals surface area contributed by atoms with Crippen molar-refractivity contribution in [2.75, 3.05) is 5.75 Å². The van der Waals surface area contributed by atoms with E-state index in [1.807, 2.05) is 6.07 Å². The van der Waals surface area contributed by atoms with Crippen LogP contribution in [0.1, 0.15) is 26.3 Å². The van der Waals surface area contributed by atoms with Crippen LogP contribution in [0.2, 0.25) is 0 Å². The SMILES string of the molecule is CC(=O)O[C@H]1[C@H](OC(C)=O)CSC(Oc2cncc(-c3ccc(F)cc3C#N)c2)[C@@H]1OC(C)=O. The van der Waals surface area contributed by atoms with Gasteiger partial charge in [0.25, 0.3) is 0 Å². The Balaban J connectivity index is 1.91. The molecule has 1 aliphatic rings. The molecule has 0 N–H and O–H groups in total. The summed E-state index contributed by atoms with van der Waals surface area (Å²) in [5.74, 6) is -1.92. The van der Waals surface area contributed by atoms with Gasteiger partial charge in [-0.25, -0.2) is 4.39 Å². The first-order valence-electron chi connectivity index (χ1n) is 10.1. The molecule has 34 heavy (non-hydrogen) atoms. The van der Waals surface area contributed by atoms with Gasteiger partial charge in [0, 0.05) is 43.8 Å². The summed E-state index contributed by atoms with van der Waals surface area (Å²) < 4.78 is 35.6. The Morgan fingerprint density at radius 1 is 1.03 bits per heavy atom. The average molecular weight is 488 g/mol. The predicted molar refractivity (Wildman–Crippen MR) is 118 cm³/mol. The smallest absolute Gasteiger partial charge is 0.303 e. The van der Waals surface area contributed by atoms with Gasteiger partial charge in [-0.15, -0.1) is 11.8 Å². The molecular formula is C23H21FN2O7S. The lowest BCUT2D eigenvalue weighted by molar-refractivity contribution is -0.186. The van der Waals surface area contributed by atoms with E-state index in [-0.39, 0.29) is 17.1 Å². The zero-order chi connectivity index (χ0) is 24.8. The van der Waals surface area contributed by atoms with Gasteiger partial charge in [0.1, 0.15) is 11.6 Å². The maximum atomic E-state index is 13.5. The van der Waals surface area contributed by atoms with Gasteiger partial charge in [0.05, 0.1) is 17.8 Å². The van der Waals surface area contributed by atoms with E-state index in [0.717, 1.165) is 6.07 Å². The number of thioether (sulfide) groups is 1. The van der Waals surface area contributed by atoms with Gasteiger partial charge in [0.2, 0.25) is 0 Å². The van der Waals surface area contributed by atoms with Gasteiger partial charge in [0.15, 0.2) is 23.7 Å². The zero-order valence-electron chi connectivity index (χ0n) is 18.5. The summed E-state index contributed by atoms with van der Waals surface area (Å²) in [6, 6.07) is 7.37. The number of nitriles is 1. The number of aromatic nitrogens is 1. The minimum atomic E-state index is -1.09. The maximum Gasteiger partial charge on any atom is 0.303 e. The lowest BCUT2D eigenvalue weighted by atomic mass is 10.0. The molecule has 0 aliphatic carbocycles. The highest BCUT2D eigenvalue weighted by Crippen LogP contribution is 2.35. The highest BCUT2D eigenvalue weighted by atomic mass is 32.2. The minimum Gasteiger partial charge on any atom is -0.474 e. The Hall–Kier alpha value is -3.65. The molecule has 3 rings (SSSR count). The summed E-state index contributed by atoms with van der Waals surface area (Å²) in [4.78, 5) is 39.2. The number of nitrogens with zero attached hydrogens (tertiary/aromatic N) is 2. The van der Waals surface area contributed by atoms with Gasteiger partial charge >= 0.3 is 17.9 Å². The van der Waals surface area contributed by atoms with Crippen LogP contribution in [0.5, 0.6) is 5.75 Å². The molecule has 1 fully saturated rings. The molecule has 11 heteroatoms. The second kappa shape index (κ2) is 11.0. The van der Waals surface area contributed by atoms with Crippen molar-refractivity contribution in [2.45, 2.75) is 44.5 Å². The normalized spacial score (nSPS) is 21.6. The van der Waals surface area contributed by atoms with Crippen molar-refractivity contribution in [1.29, 1.82) is 5.26 Å². The van der Waals surface area contributed by atoms with Crippen molar-refractivity contribution in [3.8, 4) is 22.9 Å². The number of rotatable bonds is 6. The largest absolute Gasteiger partial charge is 0.474 e. The van der Waals surface area contributed by atoms with Crippen molar-refractivity contribution in [2.24, 2.45) is 0 Å². The number of halogens is 1. The molecule has 1 saturated heterocycles. The first-order valence-corrected chi connectivity index (χ1v) is 11.2. The summed E-state index contributed by atoms with van der Waals surface area (Å²) in [6.45, 7) is 3.61. The van der Waals surface area contributed by atoms with E-state index in [0.29, 0.717) is 11.1 Å². The summed E-state index contributed by atoms with van der Waals surface area (Å²) in [5, 5.41) is 9.34. The molecule has 9 nitrogen and oxygen atoms in total. The van der Waals surface area contributed by atoms with E-state index in [1.54, 1.807) is 6.07 Å². The van der Waals surface area contributed by atoms with Crippen LogP contribution >= 0.6 is 11.8 Å². The van der Waals surface area contributed by atoms with Crippen molar-refractivity contribution in [3.63, 3.8) is 0 Å². The quantitative estimate of drug-likeness (QED) is 0.442. The maximum absolute atomic E-state index is 13.5. The number of carbonyl (C=O) groups excluding carboxylic acids is 3. The molecule has 1 aromatic carbocycles. The Morgan fingerprint density at radius 2 is 1.71 bits per heavy atom. The third kappa shape index (κ3) is 6.23. The van der Waals surface area contributed by atoms with Crippen LogP contribution in [-0.4, -0.2) is 52.4 Å². The summed E-state index contributed by atoms with van der Waals surface area (Å²) in [5.41, 5.74) is 0.263. The molecule has 2 aromatic rings. The number of carbonyl (C=O) groups is 3. The molecule has 4 atom stereocenters. The Kier molecular flexibility index (Phi) is 8.07. The number of hydrogen-bond acceptors (Lipinski definition) is 10. The number of esters is 3. The monoisotopic (exact) mass is 488 g/mol. The standard InChI is InChI=1S/C23H21FN2O7S/c1-12(27)30-20-11-34-23(22(32-14(3)29)21(20)31-13(2)28)33-18-7-16(9-26-10-18)19-5-4-17(24)6-15(19)8-25/h4-7,9-10,20-23H,11H2,1-3H3/t20-,21+,22-,23?/m1/s1. The van der Waals surface area contributed by atoms with Crippen LogP contribution in [0.3, 0.4) is 0 Å². The van der Waals surface area contributed by atoms with Crippen LogP contribution in [0.15, 0.2) is 36.7 Å². The van der Waals surface area contributed by atoms with Crippen LogP contribution in [0.25, 0.3) is 11.1 Å². The Morgan fingerprint density at radius 3 is 2.35 bits per heavy atom. The predicted octanol–water partition coefficient (Wildman–Crippen LogP) is 3.01. The van der Waals surface area contributed by atoms with Gasteiger partial charge in [-0.3, -0.25) is 19.4 Å². The highest BCUT2D eigenvalue weighted by Gasteiger charge is 2.47. The van der Waals surface area contributed by atoms with E-state index in [4.69, 9.17) is 18.9 Å². The fourth-order valence-electron chi connectivity index (χ4n) is 3.44. The molecule has 2 heterocycles. The third-order valence-corrected chi connectivity index (χ3v) is 5.90. The summed E-state index contributed by atoms with van der Waals surface area (Å²) in [6.07, 6.45) is -0.110. The average Bonchev–Trinajstić information content (AvgIpc) is 2.76. The first-order chi connectivity index (χ1) is 16.2. The van der Waals surface area contributed by atoms with Crippen LogP contribution in [-0.2, 0) is 28.6 Å². The zero-order valence-corrected chi connectivity index (χ0v) is 19.3. The number of benzene rings is 1. The van der Waals surface area contributed by atoms with E-state index >= 15 is 0 Å².